The van der Waals surface area contributed by atoms with Gasteiger partial charge in [-0.1, -0.05) is 98.9 Å². The Morgan fingerprint density at radius 3 is 1.84 bits per heavy atom. The van der Waals surface area contributed by atoms with Crippen molar-refractivity contribution in [2.75, 3.05) is 13.2 Å². The number of hydrogen-bond acceptors (Lipinski definition) is 22. The molecule has 0 aromatic carbocycles. The van der Waals surface area contributed by atoms with Crippen LogP contribution in [0.25, 0.3) is 0 Å². The van der Waals surface area contributed by atoms with Gasteiger partial charge in [0.2, 0.25) is 5.91 Å². The van der Waals surface area contributed by atoms with Crippen molar-refractivity contribution in [2.24, 2.45) is 23.5 Å². The molecule has 23 nitrogen and oxygen atoms in total. The maximum absolute atomic E-state index is 13.9. The summed E-state index contributed by atoms with van der Waals surface area (Å²) in [6.45, 7) is 4.94. The van der Waals surface area contributed by atoms with Crippen LogP contribution in [0.15, 0.2) is 85.1 Å². The number of cyclic esters (lactones) is 1. The first-order valence-corrected chi connectivity index (χ1v) is 25.9. The van der Waals surface area contributed by atoms with Gasteiger partial charge in [0.25, 0.3) is 0 Å². The molecule has 76 heavy (non-hydrogen) atoms. The molecular formula is C53H86N2O21. The molecule has 3 aliphatic heterocycles. The molecule has 3 aliphatic rings. The molecule has 2 fully saturated rings. The quantitative estimate of drug-likeness (QED) is 0.104. The summed E-state index contributed by atoms with van der Waals surface area (Å²) in [4.78, 5) is 26.6. The third kappa shape index (κ3) is 21.9. The lowest BCUT2D eigenvalue weighted by molar-refractivity contribution is -0.307. The van der Waals surface area contributed by atoms with Crippen LogP contribution in [0.3, 0.4) is 0 Å². The zero-order valence-corrected chi connectivity index (χ0v) is 43.6. The monoisotopic (exact) mass is 1090 g/mol. The standard InChI is InChI=1S/C53H86N2O21/c1-29-17-15-13-11-9-7-5-6-8-10-12-14-16-18-36(75-52-50(70)45(54)47(67)32(4)74-52)24-42-44(51(71)55-27-40(63)48(68)49(69)41(64)28-56)39(62)26-53(72,76-42)25-35(59)22-38(61)37(60)20-19-33(57)21-34(58)23-43(65)73-31(3)30(2)46(29)66/h5-18,29-42,44-50,52,56-64,66-70,72H,19-28,54H2,1-4H3,(H,55,71)/b6-5+,9-7+,10-8+,13-11+,14-12+,17-15-,18-16+/t29-,30?,31-,32+,33+,34+,35-,36-,37-,38+,39-,40?,41?,42?,44?,45-,46+,47+,48?,49?,50-,52-,53+/m0/s1. The van der Waals surface area contributed by atoms with Crippen LogP contribution < -0.4 is 11.1 Å². The van der Waals surface area contributed by atoms with E-state index in [2.05, 4.69) is 5.32 Å². The fourth-order valence-electron chi connectivity index (χ4n) is 9.00. The van der Waals surface area contributed by atoms with E-state index in [1.165, 1.54) is 19.1 Å². The lowest BCUT2D eigenvalue weighted by atomic mass is 9.82. The molecule has 0 saturated carbocycles. The third-order valence-electron chi connectivity index (χ3n) is 13.9. The second-order valence-corrected chi connectivity index (χ2v) is 20.3. The van der Waals surface area contributed by atoms with Gasteiger partial charge in [0.05, 0.1) is 98.2 Å². The number of rotatable bonds is 9. The minimum absolute atomic E-state index is 0.155. The molecule has 0 radical (unpaired) electrons. The van der Waals surface area contributed by atoms with Gasteiger partial charge in [-0.3, -0.25) is 9.59 Å². The first-order chi connectivity index (χ1) is 35.8. The van der Waals surface area contributed by atoms with Crippen LogP contribution in [0.2, 0.25) is 0 Å². The van der Waals surface area contributed by atoms with Crippen LogP contribution in [-0.4, -0.2) is 224 Å². The Morgan fingerprint density at radius 2 is 1.25 bits per heavy atom. The third-order valence-corrected chi connectivity index (χ3v) is 13.9. The maximum Gasteiger partial charge on any atom is 0.308 e. The summed E-state index contributed by atoms with van der Waals surface area (Å²) in [6, 6.07) is -1.22. The summed E-state index contributed by atoms with van der Waals surface area (Å²) in [5, 5.41) is 162. The van der Waals surface area contributed by atoms with Crippen LogP contribution in [0.4, 0.5) is 0 Å². The number of nitrogens with one attached hydrogen (secondary N) is 1. The fourth-order valence-corrected chi connectivity index (χ4v) is 9.00. The number of ether oxygens (including phenoxy) is 4. The van der Waals surface area contributed by atoms with Gasteiger partial charge in [0.15, 0.2) is 12.1 Å². The van der Waals surface area contributed by atoms with Crippen LogP contribution in [0.1, 0.15) is 79.1 Å². The lowest BCUT2D eigenvalue weighted by Gasteiger charge is -2.46. The first-order valence-electron chi connectivity index (χ1n) is 25.9. The van der Waals surface area contributed by atoms with Gasteiger partial charge >= 0.3 is 5.97 Å². The van der Waals surface area contributed by atoms with Crippen molar-refractivity contribution < 1.29 is 105 Å². The fraction of sp³-hybridized carbons (Fsp3) is 0.698. The predicted molar refractivity (Wildman–Crippen MR) is 273 cm³/mol. The van der Waals surface area contributed by atoms with Gasteiger partial charge < -0.3 is 107 Å². The number of allylic oxidation sites excluding steroid dienone is 12. The van der Waals surface area contributed by atoms with Crippen molar-refractivity contribution in [2.45, 2.75) is 201 Å². The van der Waals surface area contributed by atoms with Crippen molar-refractivity contribution in [3.05, 3.63) is 85.1 Å². The number of aliphatic hydroxyl groups is 15. The van der Waals surface area contributed by atoms with E-state index in [0.29, 0.717) is 0 Å². The zero-order valence-electron chi connectivity index (χ0n) is 43.6. The highest BCUT2D eigenvalue weighted by Crippen LogP contribution is 2.38. The molecule has 1 amide bonds. The highest BCUT2D eigenvalue weighted by Gasteiger charge is 2.51. The van der Waals surface area contributed by atoms with Crippen LogP contribution in [-0.2, 0) is 28.5 Å². The van der Waals surface area contributed by atoms with Crippen molar-refractivity contribution >= 4 is 11.9 Å². The van der Waals surface area contributed by atoms with E-state index in [1.807, 2.05) is 6.92 Å². The number of aliphatic hydroxyl groups excluding tert-OH is 14. The van der Waals surface area contributed by atoms with Gasteiger partial charge in [-0.15, -0.1) is 0 Å². The Hall–Kier alpha value is -3.64. The molecule has 23 atom stereocenters. The molecule has 2 saturated heterocycles. The lowest BCUT2D eigenvalue weighted by Crippen LogP contribution is -2.62. The summed E-state index contributed by atoms with van der Waals surface area (Å²) < 4.78 is 23.5. The van der Waals surface area contributed by atoms with Crippen molar-refractivity contribution in [1.29, 1.82) is 0 Å². The second kappa shape index (κ2) is 33.1. The Morgan fingerprint density at radius 1 is 0.684 bits per heavy atom. The van der Waals surface area contributed by atoms with Gasteiger partial charge in [-0.2, -0.15) is 0 Å². The molecule has 18 N–H and O–H groups in total. The Balaban J connectivity index is 1.97. The molecular weight excluding hydrogens is 1000 g/mol. The first kappa shape index (κ1) is 66.6. The van der Waals surface area contributed by atoms with Crippen molar-refractivity contribution in [3.8, 4) is 0 Å². The van der Waals surface area contributed by atoms with E-state index in [1.54, 1.807) is 86.8 Å². The SMILES string of the molecule is CC1[C@H](C)OC(=O)C[C@H](O)C[C@H](O)CC[C@H](O)[C@H](O)C[C@H](O)C[C@]2(O)C[C@H](O)C(C(=O)NCC(O)C(O)C(O)C(O)CO)C(C[C@@H](O[C@@H]3O[C@H](C)[C@@H](O)[C@H](N)[C@@H]3O)/C=C/C=C/C=C/C=C/C=C/C=C/C=C\[C@H](C)[C@H]1O)O2. The molecule has 0 aliphatic carbocycles. The van der Waals surface area contributed by atoms with Crippen LogP contribution >= 0.6 is 0 Å². The van der Waals surface area contributed by atoms with Crippen LogP contribution in [0.5, 0.6) is 0 Å². The van der Waals surface area contributed by atoms with Crippen molar-refractivity contribution in [3.63, 3.8) is 0 Å². The number of nitrogens with two attached hydrogens (primary N) is 1. The minimum Gasteiger partial charge on any atom is -0.462 e. The zero-order chi connectivity index (χ0) is 56.9. The van der Waals surface area contributed by atoms with E-state index in [0.717, 1.165) is 0 Å². The summed E-state index contributed by atoms with van der Waals surface area (Å²) in [7, 11) is 0. The summed E-state index contributed by atoms with van der Waals surface area (Å²) in [5.74, 6) is -6.61. The number of hydrogen-bond donors (Lipinski definition) is 17. The normalized spacial score (nSPS) is 42.3. The molecule has 23 heteroatoms. The largest absolute Gasteiger partial charge is 0.462 e. The van der Waals surface area contributed by atoms with Gasteiger partial charge in [-0.05, 0) is 33.1 Å². The predicted octanol–water partition coefficient (Wildman–Crippen LogP) is -2.82. The number of carbonyl (C=O) groups is 2. The Labute approximate surface area is 443 Å². The van der Waals surface area contributed by atoms with Gasteiger partial charge in [0.1, 0.15) is 30.5 Å². The van der Waals surface area contributed by atoms with Crippen LogP contribution in [0, 0.1) is 17.8 Å². The highest BCUT2D eigenvalue weighted by atomic mass is 16.7. The molecule has 3 rings (SSSR count). The Bertz CT molecular complexity index is 1930. The van der Waals surface area contributed by atoms with Gasteiger partial charge in [-0.25, -0.2) is 0 Å². The molecule has 434 valence electrons. The number of carbonyl (C=O) groups excluding carboxylic acids is 2. The van der Waals surface area contributed by atoms with Gasteiger partial charge in [0, 0.05) is 44.1 Å². The second-order valence-electron chi connectivity index (χ2n) is 20.3. The van der Waals surface area contributed by atoms with E-state index in [9.17, 15) is 86.2 Å². The minimum atomic E-state index is -2.45. The summed E-state index contributed by atoms with van der Waals surface area (Å²) in [5.41, 5.74) is 6.08. The number of esters is 1. The van der Waals surface area contributed by atoms with Crippen molar-refractivity contribution in [1.82, 2.24) is 5.32 Å². The molecule has 3 heterocycles. The smallest absolute Gasteiger partial charge is 0.308 e. The highest BCUT2D eigenvalue weighted by molar-refractivity contribution is 5.80. The Kier molecular flexibility index (Phi) is 29.0. The average Bonchev–Trinajstić information content (AvgIpc) is 3.35. The molecule has 7 unspecified atom stereocenters. The molecule has 0 aromatic heterocycles. The summed E-state index contributed by atoms with van der Waals surface area (Å²) in [6.07, 6.45) is -6.27. The van der Waals surface area contributed by atoms with E-state index in [-0.39, 0.29) is 25.2 Å². The van der Waals surface area contributed by atoms with E-state index < -0.39 is 191 Å². The number of amides is 1. The van der Waals surface area contributed by atoms with E-state index in [4.69, 9.17) is 24.7 Å². The molecule has 0 aromatic rings. The molecule has 2 bridgehead atoms. The maximum atomic E-state index is 13.9. The van der Waals surface area contributed by atoms with E-state index >= 15 is 0 Å². The number of fused-ring (bicyclic) bond motifs is 2. The summed E-state index contributed by atoms with van der Waals surface area (Å²) >= 11 is 0. The average molecular weight is 1090 g/mol. The molecule has 0 spiro atoms. The topological polar surface area (TPSA) is 413 Å².